The molecule has 0 atom stereocenters. The van der Waals surface area contributed by atoms with Gasteiger partial charge in [-0.15, -0.1) is 0 Å². The van der Waals surface area contributed by atoms with Crippen molar-refractivity contribution in [1.29, 1.82) is 0 Å². The van der Waals surface area contributed by atoms with E-state index in [9.17, 15) is 4.79 Å². The largest absolute Gasteiger partial charge is 0.371 e. The molecule has 3 nitrogen and oxygen atoms in total. The Morgan fingerprint density at radius 3 is 2.39 bits per heavy atom. The number of rotatable bonds is 3. The van der Waals surface area contributed by atoms with Crippen LogP contribution in [0.5, 0.6) is 0 Å². The van der Waals surface area contributed by atoms with Crippen LogP contribution in [0, 0.1) is 5.92 Å². The minimum Gasteiger partial charge on any atom is -0.371 e. The summed E-state index contributed by atoms with van der Waals surface area (Å²) in [6, 6.07) is 8.40. The summed E-state index contributed by atoms with van der Waals surface area (Å²) in [7, 11) is 0. The molecule has 1 saturated heterocycles. The number of piperidine rings is 1. The van der Waals surface area contributed by atoms with E-state index in [1.165, 1.54) is 31.4 Å². The number of hydrogen-bond acceptors (Lipinski definition) is 2. The molecule has 4 heteroatoms. The van der Waals surface area contributed by atoms with Crippen molar-refractivity contribution < 1.29 is 4.79 Å². The van der Waals surface area contributed by atoms with Gasteiger partial charge in [-0.2, -0.15) is 0 Å². The highest BCUT2D eigenvalue weighted by atomic mass is 35.5. The van der Waals surface area contributed by atoms with Crippen LogP contribution in [-0.2, 0) is 4.79 Å². The van der Waals surface area contributed by atoms with Crippen LogP contribution in [0.15, 0.2) is 24.3 Å². The Morgan fingerprint density at radius 1 is 1.04 bits per heavy atom. The van der Waals surface area contributed by atoms with Crippen LogP contribution in [0.25, 0.3) is 0 Å². The van der Waals surface area contributed by atoms with E-state index < -0.39 is 0 Å². The number of hydrogen-bond donors (Lipinski definition) is 1. The zero-order valence-corrected chi connectivity index (χ0v) is 14.5. The number of nitrogens with zero attached hydrogens (tertiary/aromatic N) is 1. The van der Waals surface area contributed by atoms with Gasteiger partial charge in [0.1, 0.15) is 0 Å². The molecule has 0 radical (unpaired) electrons. The Balaban J connectivity index is 1.49. The normalized spacial score (nSPS) is 21.0. The molecule has 1 heterocycles. The Bertz CT molecular complexity index is 518. The minimum atomic E-state index is 0.175. The van der Waals surface area contributed by atoms with Crippen molar-refractivity contribution in [2.24, 2.45) is 5.92 Å². The predicted octanol–water partition coefficient (Wildman–Crippen LogP) is 4.40. The molecule has 1 aliphatic heterocycles. The number of halogens is 1. The molecule has 1 aliphatic carbocycles. The molecule has 3 rings (SSSR count). The van der Waals surface area contributed by atoms with Crippen molar-refractivity contribution >= 4 is 23.2 Å². The fraction of sp³-hybridized carbons (Fsp3) is 0.632. The Morgan fingerprint density at radius 2 is 1.74 bits per heavy atom. The number of amides is 1. The highest BCUT2D eigenvalue weighted by Gasteiger charge is 2.26. The Hall–Kier alpha value is -1.22. The molecular weight excluding hydrogens is 308 g/mol. The summed E-state index contributed by atoms with van der Waals surface area (Å²) in [4.78, 5) is 14.9. The first-order valence-electron chi connectivity index (χ1n) is 9.03. The molecule has 0 spiro atoms. The number of nitrogens with one attached hydrogen (secondary N) is 1. The monoisotopic (exact) mass is 334 g/mol. The van der Waals surface area contributed by atoms with Gasteiger partial charge in [-0.25, -0.2) is 0 Å². The number of carbonyl (C=O) groups is 1. The molecule has 0 bridgehead atoms. The van der Waals surface area contributed by atoms with Crippen molar-refractivity contribution in [3.63, 3.8) is 0 Å². The maximum atomic E-state index is 12.5. The number of anilines is 1. The fourth-order valence-corrected chi connectivity index (χ4v) is 4.00. The summed E-state index contributed by atoms with van der Waals surface area (Å²) >= 11 is 6.07. The Kier molecular flexibility index (Phi) is 5.82. The molecule has 1 aromatic rings. The SMILES string of the molecule is O=C(NC1CCCCCC1)C1CCN(c2cccc(Cl)c2)CC1. The third-order valence-electron chi connectivity index (χ3n) is 5.24. The quantitative estimate of drug-likeness (QED) is 0.831. The van der Waals surface area contributed by atoms with E-state index in [-0.39, 0.29) is 11.8 Å². The third kappa shape index (κ3) is 4.63. The van der Waals surface area contributed by atoms with E-state index in [2.05, 4.69) is 16.3 Å². The fourth-order valence-electron chi connectivity index (χ4n) is 3.82. The summed E-state index contributed by atoms with van der Waals surface area (Å²) in [5.74, 6) is 0.455. The van der Waals surface area contributed by atoms with E-state index >= 15 is 0 Å². The van der Waals surface area contributed by atoms with Crippen LogP contribution < -0.4 is 10.2 Å². The average Bonchev–Trinajstić information content (AvgIpc) is 2.84. The third-order valence-corrected chi connectivity index (χ3v) is 5.48. The van der Waals surface area contributed by atoms with Crippen LogP contribution in [-0.4, -0.2) is 25.0 Å². The first-order chi connectivity index (χ1) is 11.2. The minimum absolute atomic E-state index is 0.175. The number of carbonyl (C=O) groups excluding carboxylic acids is 1. The second-order valence-electron chi connectivity index (χ2n) is 6.94. The van der Waals surface area contributed by atoms with Gasteiger partial charge in [0.05, 0.1) is 0 Å². The van der Waals surface area contributed by atoms with Crippen molar-refractivity contribution in [2.75, 3.05) is 18.0 Å². The second-order valence-corrected chi connectivity index (χ2v) is 7.37. The van der Waals surface area contributed by atoms with Crippen LogP contribution >= 0.6 is 11.6 Å². The van der Waals surface area contributed by atoms with Gasteiger partial charge in [0.25, 0.3) is 0 Å². The lowest BCUT2D eigenvalue weighted by Gasteiger charge is -2.33. The number of benzene rings is 1. The molecule has 2 aliphatic rings. The first kappa shape index (κ1) is 16.6. The summed E-state index contributed by atoms with van der Waals surface area (Å²) < 4.78 is 0. The van der Waals surface area contributed by atoms with E-state index in [0.717, 1.165) is 43.8 Å². The van der Waals surface area contributed by atoms with Gasteiger partial charge in [-0.1, -0.05) is 43.4 Å². The highest BCUT2D eigenvalue weighted by molar-refractivity contribution is 6.30. The van der Waals surface area contributed by atoms with Crippen LogP contribution in [0.4, 0.5) is 5.69 Å². The highest BCUT2D eigenvalue weighted by Crippen LogP contribution is 2.26. The van der Waals surface area contributed by atoms with Crippen molar-refractivity contribution in [2.45, 2.75) is 57.4 Å². The molecule has 1 aromatic carbocycles. The summed E-state index contributed by atoms with van der Waals surface area (Å²) in [6.07, 6.45) is 9.36. The summed E-state index contributed by atoms with van der Waals surface area (Å²) in [5, 5.41) is 4.09. The maximum absolute atomic E-state index is 12.5. The lowest BCUT2D eigenvalue weighted by Crippen LogP contribution is -2.43. The standard InChI is InChI=1S/C19H27ClN2O/c20-16-6-5-9-18(14-16)22-12-10-15(11-13-22)19(23)21-17-7-3-1-2-4-8-17/h5-6,9,14-15,17H,1-4,7-8,10-13H2,(H,21,23). The smallest absolute Gasteiger partial charge is 0.223 e. The van der Waals surface area contributed by atoms with Gasteiger partial charge in [-0.05, 0) is 43.9 Å². The van der Waals surface area contributed by atoms with E-state index in [0.29, 0.717) is 6.04 Å². The summed E-state index contributed by atoms with van der Waals surface area (Å²) in [6.45, 7) is 1.87. The second kappa shape index (κ2) is 8.05. The lowest BCUT2D eigenvalue weighted by molar-refractivity contribution is -0.126. The molecular formula is C19H27ClN2O. The lowest BCUT2D eigenvalue weighted by atomic mass is 9.94. The molecule has 0 aromatic heterocycles. The topological polar surface area (TPSA) is 32.3 Å². The van der Waals surface area contributed by atoms with E-state index in [4.69, 9.17) is 11.6 Å². The van der Waals surface area contributed by atoms with E-state index in [1.807, 2.05) is 18.2 Å². The predicted molar refractivity (Wildman–Crippen MR) is 96.0 cm³/mol. The van der Waals surface area contributed by atoms with Crippen molar-refractivity contribution in [3.8, 4) is 0 Å². The Labute approximate surface area is 144 Å². The first-order valence-corrected chi connectivity index (χ1v) is 9.41. The molecule has 2 fully saturated rings. The maximum Gasteiger partial charge on any atom is 0.223 e. The molecule has 1 saturated carbocycles. The van der Waals surface area contributed by atoms with Gasteiger partial charge in [0.15, 0.2) is 0 Å². The molecule has 126 valence electrons. The van der Waals surface area contributed by atoms with Crippen molar-refractivity contribution in [1.82, 2.24) is 5.32 Å². The average molecular weight is 335 g/mol. The van der Waals surface area contributed by atoms with Crippen LogP contribution in [0.2, 0.25) is 5.02 Å². The van der Waals surface area contributed by atoms with Gasteiger partial charge in [0, 0.05) is 35.8 Å². The van der Waals surface area contributed by atoms with Gasteiger partial charge >= 0.3 is 0 Å². The van der Waals surface area contributed by atoms with Gasteiger partial charge < -0.3 is 10.2 Å². The van der Waals surface area contributed by atoms with Crippen molar-refractivity contribution in [3.05, 3.63) is 29.3 Å². The van der Waals surface area contributed by atoms with E-state index in [1.54, 1.807) is 0 Å². The van der Waals surface area contributed by atoms with Crippen LogP contribution in [0.3, 0.4) is 0 Å². The zero-order chi connectivity index (χ0) is 16.1. The van der Waals surface area contributed by atoms with Gasteiger partial charge in [0.2, 0.25) is 5.91 Å². The summed E-state index contributed by atoms with van der Waals surface area (Å²) in [5.41, 5.74) is 1.17. The molecule has 23 heavy (non-hydrogen) atoms. The zero-order valence-electron chi connectivity index (χ0n) is 13.8. The van der Waals surface area contributed by atoms with Crippen LogP contribution in [0.1, 0.15) is 51.4 Å². The molecule has 1 N–H and O–H groups in total. The van der Waals surface area contributed by atoms with Gasteiger partial charge in [-0.3, -0.25) is 4.79 Å². The molecule has 1 amide bonds. The molecule has 0 unspecified atom stereocenters.